The van der Waals surface area contributed by atoms with Gasteiger partial charge in [-0.1, -0.05) is 18.2 Å². The first kappa shape index (κ1) is 15.4. The summed E-state index contributed by atoms with van der Waals surface area (Å²) >= 11 is 0. The van der Waals surface area contributed by atoms with Crippen LogP contribution in [0.15, 0.2) is 42.9 Å². The highest BCUT2D eigenvalue weighted by Gasteiger charge is 2.30. The summed E-state index contributed by atoms with van der Waals surface area (Å²) in [5.41, 5.74) is 1.48. The molecule has 3 rings (SSSR count). The maximum absolute atomic E-state index is 12.6. The molecule has 0 N–H and O–H groups in total. The van der Waals surface area contributed by atoms with Crippen LogP contribution < -0.4 is 4.74 Å². The second-order valence-electron chi connectivity index (χ2n) is 5.58. The summed E-state index contributed by atoms with van der Waals surface area (Å²) < 4.78 is 5.47. The summed E-state index contributed by atoms with van der Waals surface area (Å²) in [4.78, 5) is 24.8. The van der Waals surface area contributed by atoms with Crippen LogP contribution in [0.1, 0.15) is 22.1 Å². The topological polar surface area (TPSA) is 58.6 Å². The monoisotopic (exact) mass is 312 g/mol. The third-order valence-corrected chi connectivity index (χ3v) is 4.22. The SMILES string of the molecule is COc1ccccc1C1CN(C(=O)c2cnccn2)CCN1C. The van der Waals surface area contributed by atoms with E-state index in [1.807, 2.05) is 23.1 Å². The molecule has 6 heteroatoms. The van der Waals surface area contributed by atoms with Crippen molar-refractivity contribution in [2.24, 2.45) is 0 Å². The highest BCUT2D eigenvalue weighted by Crippen LogP contribution is 2.31. The lowest BCUT2D eigenvalue weighted by Gasteiger charge is -2.39. The van der Waals surface area contributed by atoms with Gasteiger partial charge in [0, 0.05) is 37.6 Å². The largest absolute Gasteiger partial charge is 0.496 e. The van der Waals surface area contributed by atoms with Crippen molar-refractivity contribution in [3.8, 4) is 5.75 Å². The van der Waals surface area contributed by atoms with Gasteiger partial charge in [0.15, 0.2) is 0 Å². The first-order valence-corrected chi connectivity index (χ1v) is 7.59. The van der Waals surface area contributed by atoms with Gasteiger partial charge < -0.3 is 9.64 Å². The van der Waals surface area contributed by atoms with E-state index in [0.717, 1.165) is 17.9 Å². The van der Waals surface area contributed by atoms with Gasteiger partial charge in [0.05, 0.1) is 19.3 Å². The number of ether oxygens (including phenoxy) is 1. The van der Waals surface area contributed by atoms with Crippen molar-refractivity contribution < 1.29 is 9.53 Å². The number of para-hydroxylation sites is 1. The lowest BCUT2D eigenvalue weighted by molar-refractivity contribution is 0.0536. The van der Waals surface area contributed by atoms with Gasteiger partial charge in [0.1, 0.15) is 11.4 Å². The molecule has 1 unspecified atom stereocenters. The van der Waals surface area contributed by atoms with Gasteiger partial charge in [-0.15, -0.1) is 0 Å². The van der Waals surface area contributed by atoms with E-state index in [9.17, 15) is 4.79 Å². The summed E-state index contributed by atoms with van der Waals surface area (Å²) in [7, 11) is 3.74. The maximum atomic E-state index is 12.6. The second kappa shape index (κ2) is 6.75. The van der Waals surface area contributed by atoms with Crippen molar-refractivity contribution in [2.75, 3.05) is 33.8 Å². The number of aromatic nitrogens is 2. The van der Waals surface area contributed by atoms with Crippen molar-refractivity contribution in [3.05, 3.63) is 54.1 Å². The Bertz CT molecular complexity index is 677. The van der Waals surface area contributed by atoms with Crippen LogP contribution in [0.25, 0.3) is 0 Å². The molecular weight excluding hydrogens is 292 g/mol. The molecule has 0 bridgehead atoms. The first-order valence-electron chi connectivity index (χ1n) is 7.59. The minimum Gasteiger partial charge on any atom is -0.496 e. The highest BCUT2D eigenvalue weighted by molar-refractivity contribution is 5.92. The molecule has 0 saturated carbocycles. The van der Waals surface area contributed by atoms with E-state index in [2.05, 4.69) is 28.0 Å². The number of piperazine rings is 1. The fourth-order valence-electron chi connectivity index (χ4n) is 2.91. The number of hydrogen-bond acceptors (Lipinski definition) is 5. The lowest BCUT2D eigenvalue weighted by Crippen LogP contribution is -2.49. The number of hydrogen-bond donors (Lipinski definition) is 0. The zero-order chi connectivity index (χ0) is 16.2. The van der Waals surface area contributed by atoms with Crippen LogP contribution in [0.2, 0.25) is 0 Å². The number of amides is 1. The molecule has 1 aliphatic rings. The quantitative estimate of drug-likeness (QED) is 0.862. The Morgan fingerprint density at radius 2 is 2.09 bits per heavy atom. The van der Waals surface area contributed by atoms with Crippen LogP contribution >= 0.6 is 0 Å². The molecule has 2 aromatic rings. The number of nitrogens with zero attached hydrogens (tertiary/aromatic N) is 4. The number of methoxy groups -OCH3 is 1. The molecule has 6 nitrogen and oxygen atoms in total. The molecule has 1 atom stereocenters. The average Bonchev–Trinajstić information content (AvgIpc) is 2.62. The van der Waals surface area contributed by atoms with Crippen LogP contribution in [-0.2, 0) is 0 Å². The fraction of sp³-hybridized carbons (Fsp3) is 0.353. The van der Waals surface area contributed by atoms with Gasteiger partial charge in [-0.2, -0.15) is 0 Å². The third kappa shape index (κ3) is 3.17. The van der Waals surface area contributed by atoms with Crippen LogP contribution in [0.3, 0.4) is 0 Å². The van der Waals surface area contributed by atoms with Crippen LogP contribution in [-0.4, -0.2) is 59.5 Å². The number of carbonyl (C=O) groups is 1. The second-order valence-corrected chi connectivity index (χ2v) is 5.58. The fourth-order valence-corrected chi connectivity index (χ4v) is 2.91. The smallest absolute Gasteiger partial charge is 0.274 e. The number of benzene rings is 1. The van der Waals surface area contributed by atoms with Gasteiger partial charge in [-0.25, -0.2) is 4.98 Å². The summed E-state index contributed by atoms with van der Waals surface area (Å²) in [6.45, 7) is 2.08. The number of carbonyl (C=O) groups excluding carboxylic acids is 1. The summed E-state index contributed by atoms with van der Waals surface area (Å²) in [6, 6.07) is 8.05. The molecule has 1 amide bonds. The molecule has 0 spiro atoms. The van der Waals surface area contributed by atoms with E-state index < -0.39 is 0 Å². The van der Waals surface area contributed by atoms with Crippen molar-refractivity contribution in [1.82, 2.24) is 19.8 Å². The van der Waals surface area contributed by atoms with Gasteiger partial charge in [0.25, 0.3) is 5.91 Å². The van der Waals surface area contributed by atoms with Crippen LogP contribution in [0, 0.1) is 0 Å². The van der Waals surface area contributed by atoms with Crippen molar-refractivity contribution in [3.63, 3.8) is 0 Å². The Kier molecular flexibility index (Phi) is 4.52. The Balaban J connectivity index is 1.83. The molecule has 120 valence electrons. The molecular formula is C17H20N4O2. The number of likely N-dealkylation sites (N-methyl/N-ethyl adjacent to an activating group) is 1. The Morgan fingerprint density at radius 1 is 1.26 bits per heavy atom. The molecule has 23 heavy (non-hydrogen) atoms. The van der Waals surface area contributed by atoms with Crippen LogP contribution in [0.5, 0.6) is 5.75 Å². The molecule has 0 radical (unpaired) electrons. The van der Waals surface area contributed by atoms with E-state index in [1.54, 1.807) is 19.5 Å². The zero-order valence-corrected chi connectivity index (χ0v) is 13.3. The Labute approximate surface area is 135 Å². The highest BCUT2D eigenvalue weighted by atomic mass is 16.5. The predicted molar refractivity (Wildman–Crippen MR) is 86.3 cm³/mol. The Hall–Kier alpha value is -2.47. The van der Waals surface area contributed by atoms with E-state index in [0.29, 0.717) is 18.8 Å². The van der Waals surface area contributed by atoms with E-state index in [-0.39, 0.29) is 11.9 Å². The molecule has 1 aromatic heterocycles. The summed E-state index contributed by atoms with van der Waals surface area (Å²) in [5, 5.41) is 0. The van der Waals surface area contributed by atoms with Gasteiger partial charge in [-0.05, 0) is 13.1 Å². The molecule has 1 aliphatic heterocycles. The predicted octanol–water partition coefficient (Wildman–Crippen LogP) is 1.61. The first-order chi connectivity index (χ1) is 11.2. The minimum absolute atomic E-state index is 0.0777. The van der Waals surface area contributed by atoms with Crippen molar-refractivity contribution in [2.45, 2.75) is 6.04 Å². The van der Waals surface area contributed by atoms with E-state index in [1.165, 1.54) is 6.20 Å². The van der Waals surface area contributed by atoms with Gasteiger partial charge in [-0.3, -0.25) is 14.7 Å². The van der Waals surface area contributed by atoms with Crippen molar-refractivity contribution in [1.29, 1.82) is 0 Å². The molecule has 1 fully saturated rings. The molecule has 1 aromatic carbocycles. The molecule has 1 saturated heterocycles. The van der Waals surface area contributed by atoms with Gasteiger partial charge in [0.2, 0.25) is 0 Å². The lowest BCUT2D eigenvalue weighted by atomic mass is 10.0. The number of rotatable bonds is 3. The summed E-state index contributed by atoms with van der Waals surface area (Å²) in [5.74, 6) is 0.768. The molecule has 2 heterocycles. The minimum atomic E-state index is -0.0777. The van der Waals surface area contributed by atoms with Crippen LogP contribution in [0.4, 0.5) is 0 Å². The van der Waals surface area contributed by atoms with E-state index >= 15 is 0 Å². The average molecular weight is 312 g/mol. The standard InChI is InChI=1S/C17H20N4O2/c1-20-9-10-21(17(22)14-11-18-7-8-19-14)12-15(20)13-5-3-4-6-16(13)23-2/h3-8,11,15H,9-10,12H2,1-2H3. The summed E-state index contributed by atoms with van der Waals surface area (Å²) in [6.07, 6.45) is 4.62. The normalized spacial score (nSPS) is 18.7. The van der Waals surface area contributed by atoms with E-state index in [4.69, 9.17) is 4.74 Å². The maximum Gasteiger partial charge on any atom is 0.274 e. The zero-order valence-electron chi connectivity index (χ0n) is 13.3. The third-order valence-electron chi connectivity index (χ3n) is 4.22. The Morgan fingerprint density at radius 3 is 2.83 bits per heavy atom. The van der Waals surface area contributed by atoms with Gasteiger partial charge >= 0.3 is 0 Å². The molecule has 0 aliphatic carbocycles. The van der Waals surface area contributed by atoms with Crippen molar-refractivity contribution >= 4 is 5.91 Å².